The minimum absolute atomic E-state index is 0.0371. The van der Waals surface area contributed by atoms with Gasteiger partial charge in [-0.1, -0.05) is 6.92 Å². The fourth-order valence-corrected chi connectivity index (χ4v) is 1.35. The van der Waals surface area contributed by atoms with Crippen molar-refractivity contribution in [1.82, 2.24) is 4.90 Å². The molecular formula is C13H17F2NO2. The molecule has 0 aliphatic carbocycles. The lowest BCUT2D eigenvalue weighted by Gasteiger charge is -2.12. The molecule has 0 atom stereocenters. The molecule has 0 aliphatic heterocycles. The Balaban J connectivity index is 2.89. The van der Waals surface area contributed by atoms with Crippen LogP contribution in [-0.4, -0.2) is 31.5 Å². The monoisotopic (exact) mass is 257 g/mol. The van der Waals surface area contributed by atoms with Crippen molar-refractivity contribution in [3.63, 3.8) is 0 Å². The van der Waals surface area contributed by atoms with E-state index in [2.05, 4.69) is 0 Å². The van der Waals surface area contributed by atoms with Crippen LogP contribution in [0.4, 0.5) is 8.78 Å². The first-order valence-corrected chi connectivity index (χ1v) is 5.76. The number of ether oxygens (including phenoxy) is 1. The number of nitrogens with zero attached hydrogens (tertiary/aromatic N) is 1. The lowest BCUT2D eigenvalue weighted by atomic mass is 10.1. The van der Waals surface area contributed by atoms with Crippen molar-refractivity contribution in [2.45, 2.75) is 19.8 Å². The van der Waals surface area contributed by atoms with E-state index in [0.29, 0.717) is 13.0 Å². The fourth-order valence-electron chi connectivity index (χ4n) is 1.35. The highest BCUT2D eigenvalue weighted by Gasteiger charge is 2.14. The highest BCUT2D eigenvalue weighted by Crippen LogP contribution is 2.22. The van der Waals surface area contributed by atoms with E-state index in [4.69, 9.17) is 4.74 Å². The zero-order valence-corrected chi connectivity index (χ0v) is 10.8. The normalized spacial score (nSPS) is 10.3. The van der Waals surface area contributed by atoms with E-state index in [9.17, 15) is 13.6 Å². The van der Waals surface area contributed by atoms with Gasteiger partial charge in [-0.25, -0.2) is 8.78 Å². The Bertz CT molecular complexity index is 433. The van der Waals surface area contributed by atoms with Crippen LogP contribution in [0, 0.1) is 11.6 Å². The number of hydrogen-bond acceptors (Lipinski definition) is 2. The lowest BCUT2D eigenvalue weighted by Crippen LogP contribution is -2.24. The highest BCUT2D eigenvalue weighted by molar-refractivity contribution is 5.78. The molecule has 18 heavy (non-hydrogen) atoms. The van der Waals surface area contributed by atoms with Gasteiger partial charge in [0, 0.05) is 25.7 Å². The maximum Gasteiger partial charge on any atom is 0.226 e. The van der Waals surface area contributed by atoms with Crippen molar-refractivity contribution < 1.29 is 18.3 Å². The van der Waals surface area contributed by atoms with Gasteiger partial charge in [0.05, 0.1) is 13.0 Å². The number of hydrogen-bond donors (Lipinski definition) is 0. The summed E-state index contributed by atoms with van der Waals surface area (Å²) < 4.78 is 32.3. The van der Waals surface area contributed by atoms with Crippen molar-refractivity contribution in [2.24, 2.45) is 0 Å². The first-order chi connectivity index (χ1) is 8.45. The van der Waals surface area contributed by atoms with E-state index < -0.39 is 11.6 Å². The van der Waals surface area contributed by atoms with Gasteiger partial charge in [0.15, 0.2) is 11.6 Å². The summed E-state index contributed by atoms with van der Waals surface area (Å²) in [5.41, 5.74) is 0.0371. The Kier molecular flexibility index (Phi) is 5.07. The number of carbonyl (C=O) groups is 1. The fraction of sp³-hybridized carbons (Fsp3) is 0.462. The molecule has 0 unspecified atom stereocenters. The molecule has 0 aliphatic rings. The summed E-state index contributed by atoms with van der Waals surface area (Å²) in [7, 11) is 3.13. The highest BCUT2D eigenvalue weighted by atomic mass is 19.1. The van der Waals surface area contributed by atoms with Crippen molar-refractivity contribution in [2.75, 3.05) is 20.7 Å². The Morgan fingerprint density at radius 1 is 1.28 bits per heavy atom. The molecule has 3 nitrogen and oxygen atoms in total. The minimum atomic E-state index is -0.647. The van der Waals surface area contributed by atoms with Gasteiger partial charge in [-0.15, -0.1) is 0 Å². The number of rotatable bonds is 5. The van der Waals surface area contributed by atoms with E-state index in [1.807, 2.05) is 6.92 Å². The largest absolute Gasteiger partial charge is 0.490 e. The van der Waals surface area contributed by atoms with Crippen LogP contribution in [0.1, 0.15) is 18.9 Å². The van der Waals surface area contributed by atoms with Crippen molar-refractivity contribution in [3.05, 3.63) is 29.3 Å². The van der Waals surface area contributed by atoms with Gasteiger partial charge >= 0.3 is 0 Å². The Hall–Kier alpha value is -1.65. The van der Waals surface area contributed by atoms with Gasteiger partial charge in [0.25, 0.3) is 0 Å². The van der Waals surface area contributed by atoms with Gasteiger partial charge < -0.3 is 9.64 Å². The Morgan fingerprint density at radius 3 is 2.50 bits per heavy atom. The van der Waals surface area contributed by atoms with E-state index in [-0.39, 0.29) is 23.6 Å². The van der Waals surface area contributed by atoms with Gasteiger partial charge in [-0.3, -0.25) is 4.79 Å². The van der Waals surface area contributed by atoms with Crippen molar-refractivity contribution >= 4 is 5.91 Å². The molecule has 0 fully saturated rings. The quantitative estimate of drug-likeness (QED) is 0.810. The van der Waals surface area contributed by atoms with Crippen molar-refractivity contribution in [1.29, 1.82) is 0 Å². The summed E-state index contributed by atoms with van der Waals surface area (Å²) in [5, 5.41) is 0. The molecule has 1 amide bonds. The van der Waals surface area contributed by atoms with Crippen LogP contribution in [-0.2, 0) is 11.2 Å². The van der Waals surface area contributed by atoms with Crippen molar-refractivity contribution in [3.8, 4) is 5.75 Å². The standard InChI is InChI=1S/C13H17F2NO2/c1-4-5-18-12-8-10(14)9(6-11(12)15)7-13(17)16(2)3/h6,8H,4-5,7H2,1-3H3. The van der Waals surface area contributed by atoms with E-state index in [1.165, 1.54) is 4.90 Å². The molecule has 0 aromatic heterocycles. The minimum Gasteiger partial charge on any atom is -0.490 e. The molecular weight excluding hydrogens is 240 g/mol. The van der Waals surface area contributed by atoms with Gasteiger partial charge in [-0.05, 0) is 12.5 Å². The third kappa shape index (κ3) is 3.68. The third-order valence-corrected chi connectivity index (χ3v) is 2.40. The Morgan fingerprint density at radius 2 is 1.94 bits per heavy atom. The molecule has 0 N–H and O–H groups in total. The summed E-state index contributed by atoms with van der Waals surface area (Å²) in [4.78, 5) is 12.8. The van der Waals surface area contributed by atoms with E-state index in [0.717, 1.165) is 12.1 Å². The topological polar surface area (TPSA) is 29.5 Å². The third-order valence-electron chi connectivity index (χ3n) is 2.40. The zero-order chi connectivity index (χ0) is 13.7. The summed E-state index contributed by atoms with van der Waals surface area (Å²) in [6.07, 6.45) is 0.547. The van der Waals surface area contributed by atoms with Crippen LogP contribution in [0.25, 0.3) is 0 Å². The van der Waals surface area contributed by atoms with Crippen LogP contribution >= 0.6 is 0 Å². The molecule has 0 radical (unpaired) electrons. The maximum absolute atomic E-state index is 13.7. The first-order valence-electron chi connectivity index (χ1n) is 5.76. The van der Waals surface area contributed by atoms with Gasteiger partial charge in [0.2, 0.25) is 5.91 Å². The van der Waals surface area contributed by atoms with Crippen LogP contribution in [0.5, 0.6) is 5.75 Å². The van der Waals surface area contributed by atoms with Crippen LogP contribution in [0.15, 0.2) is 12.1 Å². The predicted molar refractivity (Wildman–Crippen MR) is 64.5 cm³/mol. The summed E-state index contributed by atoms with van der Waals surface area (Å²) in [5.74, 6) is -1.67. The molecule has 1 rings (SSSR count). The number of amides is 1. The van der Waals surface area contributed by atoms with Gasteiger partial charge in [0.1, 0.15) is 5.82 Å². The molecule has 0 saturated heterocycles. The molecule has 0 spiro atoms. The molecule has 0 bridgehead atoms. The zero-order valence-electron chi connectivity index (χ0n) is 10.8. The van der Waals surface area contributed by atoms with E-state index in [1.54, 1.807) is 14.1 Å². The molecule has 1 aromatic carbocycles. The number of carbonyl (C=O) groups excluding carboxylic acids is 1. The molecule has 1 aromatic rings. The molecule has 0 heterocycles. The smallest absolute Gasteiger partial charge is 0.226 e. The van der Waals surface area contributed by atoms with Gasteiger partial charge in [-0.2, -0.15) is 0 Å². The first kappa shape index (κ1) is 14.4. The number of likely N-dealkylation sites (N-methyl/N-ethyl adjacent to an activating group) is 1. The number of halogens is 2. The second kappa shape index (κ2) is 6.33. The number of benzene rings is 1. The van der Waals surface area contributed by atoms with Crippen LogP contribution < -0.4 is 4.74 Å². The maximum atomic E-state index is 13.7. The summed E-state index contributed by atoms with van der Waals surface area (Å²) >= 11 is 0. The van der Waals surface area contributed by atoms with Crippen LogP contribution in [0.2, 0.25) is 0 Å². The predicted octanol–water partition coefficient (Wildman–Crippen LogP) is 2.38. The Labute approximate surface area is 105 Å². The molecule has 0 saturated carbocycles. The summed E-state index contributed by atoms with van der Waals surface area (Å²) in [6, 6.07) is 2.00. The summed E-state index contributed by atoms with van der Waals surface area (Å²) in [6.45, 7) is 2.20. The second-order valence-corrected chi connectivity index (χ2v) is 4.19. The SMILES string of the molecule is CCCOc1cc(F)c(CC(=O)N(C)C)cc1F. The molecule has 100 valence electrons. The van der Waals surface area contributed by atoms with Crippen LogP contribution in [0.3, 0.4) is 0 Å². The molecule has 5 heteroatoms. The average molecular weight is 257 g/mol. The van der Waals surface area contributed by atoms with E-state index >= 15 is 0 Å². The average Bonchev–Trinajstić information content (AvgIpc) is 2.31. The second-order valence-electron chi connectivity index (χ2n) is 4.19. The lowest BCUT2D eigenvalue weighted by molar-refractivity contribution is -0.128.